The summed E-state index contributed by atoms with van der Waals surface area (Å²) in [6, 6.07) is -2.95. The molecule has 0 heterocycles. The molecule has 1 atom stereocenters. The van der Waals surface area contributed by atoms with Gasteiger partial charge < -0.3 is 0 Å². The summed E-state index contributed by atoms with van der Waals surface area (Å²) in [5, 5.41) is 0. The van der Waals surface area contributed by atoms with Crippen molar-refractivity contribution in [3.63, 3.8) is 0 Å². The highest BCUT2D eigenvalue weighted by Crippen LogP contribution is 2.61. The number of halogens is 17. The molecule has 18 heteroatoms. The zero-order valence-corrected chi connectivity index (χ0v) is 17.4. The van der Waals surface area contributed by atoms with Crippen molar-refractivity contribution in [1.29, 1.82) is 0 Å². The van der Waals surface area contributed by atoms with E-state index in [0.29, 0.717) is 0 Å². The summed E-state index contributed by atoms with van der Waals surface area (Å²) >= 11 is 5.79. The van der Waals surface area contributed by atoms with Crippen LogP contribution < -0.4 is 0 Å². The minimum atomic E-state index is -8.01. The van der Waals surface area contributed by atoms with Gasteiger partial charge in [-0.2, -0.15) is 81.3 Å². The van der Waals surface area contributed by atoms with Gasteiger partial charge in [0.05, 0.1) is 0 Å². The van der Waals surface area contributed by atoms with Crippen molar-refractivity contribution >= 4 is 18.5 Å². The average Bonchev–Trinajstić information content (AvgIpc) is 2.56. The molecule has 194 valence electrons. The smallest absolute Gasteiger partial charge is 0.200 e. The lowest BCUT2D eigenvalue weighted by molar-refractivity contribution is -0.439. The lowest BCUT2D eigenvalue weighted by Crippen LogP contribution is -2.70. The van der Waals surface area contributed by atoms with Crippen LogP contribution >= 0.6 is 11.1 Å². The van der Waals surface area contributed by atoms with Crippen LogP contribution in [0.3, 0.4) is 0 Å². The van der Waals surface area contributed by atoms with Gasteiger partial charge >= 0.3 is 42.0 Å². The highest BCUT2D eigenvalue weighted by molar-refractivity contribution is 7.20. The van der Waals surface area contributed by atoms with Crippen LogP contribution in [0.15, 0.2) is 0 Å². The monoisotopic (exact) mass is 550 g/mol. The molecular formula is C14H15ClF16Si. The molecule has 0 aromatic carbocycles. The zero-order valence-electron chi connectivity index (χ0n) is 15.7. The Morgan fingerprint density at radius 3 is 1.25 bits per heavy atom. The van der Waals surface area contributed by atoms with Gasteiger partial charge in [-0.3, -0.25) is 0 Å². The molecule has 0 N–H and O–H groups in total. The summed E-state index contributed by atoms with van der Waals surface area (Å²) in [5.41, 5.74) is 0. The van der Waals surface area contributed by atoms with Crippen LogP contribution in [-0.4, -0.2) is 49.3 Å². The SMILES string of the molecule is CCC[Si](Cl)(CCC(F)(F)F)CCC(F)(F)C(F)(F)C(F)(F)C(F)(F)C(F)(F)C(F)(F)F. The molecule has 0 saturated heterocycles. The van der Waals surface area contributed by atoms with Crippen LogP contribution in [0.4, 0.5) is 70.2 Å². The predicted molar refractivity (Wildman–Crippen MR) is 82.4 cm³/mol. The molecule has 0 fully saturated rings. The van der Waals surface area contributed by atoms with Gasteiger partial charge in [-0.15, -0.1) is 0 Å². The molecule has 0 radical (unpaired) electrons. The van der Waals surface area contributed by atoms with E-state index in [1.807, 2.05) is 0 Å². The first-order valence-corrected chi connectivity index (χ1v) is 12.1. The van der Waals surface area contributed by atoms with Crippen molar-refractivity contribution in [2.75, 3.05) is 0 Å². The molecule has 0 spiro atoms. The molecule has 0 bridgehead atoms. The summed E-state index contributed by atoms with van der Waals surface area (Å²) < 4.78 is 207. The lowest BCUT2D eigenvalue weighted by atomic mass is 9.93. The Balaban J connectivity index is 5.97. The third kappa shape index (κ3) is 6.08. The van der Waals surface area contributed by atoms with Gasteiger partial charge in [0.2, 0.25) is 0 Å². The third-order valence-corrected chi connectivity index (χ3v) is 9.83. The fraction of sp³-hybridized carbons (Fsp3) is 1.00. The van der Waals surface area contributed by atoms with Crippen LogP contribution in [0.2, 0.25) is 18.1 Å². The molecule has 0 aromatic rings. The highest BCUT2D eigenvalue weighted by Gasteiger charge is 2.90. The Labute approximate surface area is 176 Å². The molecular weight excluding hydrogens is 536 g/mol. The lowest BCUT2D eigenvalue weighted by Gasteiger charge is -2.40. The van der Waals surface area contributed by atoms with Crippen LogP contribution in [0.25, 0.3) is 0 Å². The standard InChI is InChI=1S/C14H15ClF16Si/c1-2-5-32(15,7-4-9(18,19)20)6-3-8(16,17)10(21,22)11(23,24)12(25,26)13(27,28)14(29,30)31/h2-7H2,1H3. The van der Waals surface area contributed by atoms with Crippen molar-refractivity contribution < 1.29 is 70.2 Å². The normalized spacial score (nSPS) is 17.4. The van der Waals surface area contributed by atoms with Gasteiger partial charge in [0, 0.05) is 12.8 Å². The van der Waals surface area contributed by atoms with Gasteiger partial charge in [-0.25, -0.2) is 0 Å². The maximum atomic E-state index is 13.8. The van der Waals surface area contributed by atoms with E-state index in [0.717, 1.165) is 0 Å². The van der Waals surface area contributed by atoms with Gasteiger partial charge in [0.15, 0.2) is 7.38 Å². The van der Waals surface area contributed by atoms with Crippen LogP contribution in [0.5, 0.6) is 0 Å². The van der Waals surface area contributed by atoms with E-state index in [2.05, 4.69) is 0 Å². The minimum absolute atomic E-state index is 0.0679. The zero-order chi connectivity index (χ0) is 26.2. The Bertz CT molecular complexity index is 625. The van der Waals surface area contributed by atoms with E-state index < -0.39 is 80.3 Å². The number of hydrogen-bond acceptors (Lipinski definition) is 0. The number of rotatable bonds is 11. The quantitative estimate of drug-likeness (QED) is 0.137. The summed E-state index contributed by atoms with van der Waals surface area (Å²) in [6.45, 7) is 1.29. The van der Waals surface area contributed by atoms with Gasteiger partial charge in [-0.05, 0) is 18.1 Å². The van der Waals surface area contributed by atoms with Gasteiger partial charge in [0.25, 0.3) is 0 Å². The maximum absolute atomic E-state index is 13.8. The van der Waals surface area contributed by atoms with E-state index in [1.54, 1.807) is 0 Å². The molecule has 0 aliphatic carbocycles. The second kappa shape index (κ2) is 9.21. The topological polar surface area (TPSA) is 0 Å². The second-order valence-corrected chi connectivity index (χ2v) is 13.2. The van der Waals surface area contributed by atoms with E-state index >= 15 is 0 Å². The first-order chi connectivity index (χ1) is 13.7. The van der Waals surface area contributed by atoms with E-state index in [9.17, 15) is 70.2 Å². The predicted octanol–water partition coefficient (Wildman–Crippen LogP) is 8.66. The van der Waals surface area contributed by atoms with Crippen molar-refractivity contribution in [2.45, 2.75) is 86.3 Å². The molecule has 0 aliphatic rings. The van der Waals surface area contributed by atoms with Gasteiger partial charge in [-0.1, -0.05) is 13.3 Å². The first kappa shape index (κ1) is 31.4. The van der Waals surface area contributed by atoms with Crippen molar-refractivity contribution in [3.8, 4) is 0 Å². The molecule has 0 aliphatic heterocycles. The molecule has 0 saturated carbocycles. The van der Waals surface area contributed by atoms with Crippen molar-refractivity contribution in [1.82, 2.24) is 0 Å². The Morgan fingerprint density at radius 1 is 0.531 bits per heavy atom. The minimum Gasteiger partial charge on any atom is -0.200 e. The Hall–Kier alpha value is -0.613. The molecule has 0 rings (SSSR count). The molecule has 32 heavy (non-hydrogen) atoms. The third-order valence-electron chi connectivity index (χ3n) is 4.44. The fourth-order valence-electron chi connectivity index (χ4n) is 2.53. The average molecular weight is 551 g/mol. The summed E-state index contributed by atoms with van der Waals surface area (Å²) in [5.74, 6) is -37.6. The summed E-state index contributed by atoms with van der Waals surface area (Å²) in [4.78, 5) is 0. The molecule has 0 amide bonds. The van der Waals surface area contributed by atoms with Crippen molar-refractivity contribution in [3.05, 3.63) is 0 Å². The number of alkyl halides is 16. The van der Waals surface area contributed by atoms with E-state index in [1.165, 1.54) is 6.92 Å². The Morgan fingerprint density at radius 2 is 0.906 bits per heavy atom. The van der Waals surface area contributed by atoms with Crippen molar-refractivity contribution in [2.24, 2.45) is 0 Å². The highest BCUT2D eigenvalue weighted by atomic mass is 35.6. The summed E-state index contributed by atoms with van der Waals surface area (Å²) in [6.07, 6.45) is -16.7. The Kier molecular flexibility index (Phi) is 9.03. The van der Waals surface area contributed by atoms with E-state index in [4.69, 9.17) is 11.1 Å². The summed E-state index contributed by atoms with van der Waals surface area (Å²) in [7, 11) is -4.04. The molecule has 1 unspecified atom stereocenters. The first-order valence-electron chi connectivity index (χ1n) is 8.44. The van der Waals surface area contributed by atoms with Crippen LogP contribution in [0.1, 0.15) is 26.2 Å². The van der Waals surface area contributed by atoms with E-state index in [-0.39, 0.29) is 6.42 Å². The number of hydrogen-bond donors (Lipinski definition) is 0. The van der Waals surface area contributed by atoms with Crippen LogP contribution in [0, 0.1) is 0 Å². The molecule has 0 aromatic heterocycles. The molecule has 0 nitrogen and oxygen atoms in total. The van der Waals surface area contributed by atoms with Gasteiger partial charge in [0.1, 0.15) is 0 Å². The maximum Gasteiger partial charge on any atom is 0.460 e. The second-order valence-electron chi connectivity index (χ2n) is 7.02. The van der Waals surface area contributed by atoms with Crippen LogP contribution in [-0.2, 0) is 0 Å². The largest absolute Gasteiger partial charge is 0.460 e. The fourth-order valence-corrected chi connectivity index (χ4v) is 6.80.